The van der Waals surface area contributed by atoms with Gasteiger partial charge in [-0.15, -0.1) is 0 Å². The van der Waals surface area contributed by atoms with Crippen LogP contribution in [0.15, 0.2) is 18.3 Å². The summed E-state index contributed by atoms with van der Waals surface area (Å²) in [5, 5.41) is 3.35. The molecule has 18 heavy (non-hydrogen) atoms. The molecule has 1 aromatic heterocycles. The van der Waals surface area contributed by atoms with Crippen molar-refractivity contribution in [2.45, 2.75) is 33.2 Å². The number of hydrogen-bond donors (Lipinski definition) is 1. The second kappa shape index (κ2) is 9.85. The lowest BCUT2D eigenvalue weighted by Crippen LogP contribution is -2.14. The fraction of sp³-hybridized carbons (Fsp3) is 0.643. The van der Waals surface area contributed by atoms with Crippen LogP contribution in [0.5, 0.6) is 5.88 Å². The molecule has 0 bridgehead atoms. The maximum atomic E-state index is 5.54. The van der Waals surface area contributed by atoms with Gasteiger partial charge >= 0.3 is 0 Å². The van der Waals surface area contributed by atoms with E-state index in [2.05, 4.69) is 24.1 Å². The van der Waals surface area contributed by atoms with Gasteiger partial charge in [-0.25, -0.2) is 4.98 Å². The van der Waals surface area contributed by atoms with Crippen molar-refractivity contribution >= 4 is 0 Å². The minimum atomic E-state index is 0.554. The zero-order valence-corrected chi connectivity index (χ0v) is 11.4. The second-order valence-electron chi connectivity index (χ2n) is 4.14. The van der Waals surface area contributed by atoms with Gasteiger partial charge in [-0.3, -0.25) is 0 Å². The van der Waals surface area contributed by atoms with Crippen LogP contribution >= 0.6 is 0 Å². The maximum Gasteiger partial charge on any atom is 0.213 e. The predicted molar refractivity (Wildman–Crippen MR) is 72.8 cm³/mol. The molecule has 1 N–H and O–H groups in total. The topological polar surface area (TPSA) is 43.4 Å². The Morgan fingerprint density at radius 2 is 2.06 bits per heavy atom. The summed E-state index contributed by atoms with van der Waals surface area (Å²) in [6.07, 6.45) is 3.96. The van der Waals surface area contributed by atoms with Crippen LogP contribution in [-0.2, 0) is 11.3 Å². The smallest absolute Gasteiger partial charge is 0.213 e. The molecule has 1 rings (SSSR count). The molecular weight excluding hydrogens is 228 g/mol. The molecule has 0 atom stereocenters. The molecule has 0 saturated carbocycles. The summed E-state index contributed by atoms with van der Waals surface area (Å²) in [4.78, 5) is 4.18. The third-order valence-electron chi connectivity index (χ3n) is 2.38. The van der Waals surface area contributed by atoms with Crippen molar-refractivity contribution < 1.29 is 9.47 Å². The van der Waals surface area contributed by atoms with E-state index in [1.54, 1.807) is 6.20 Å². The first-order valence-electron chi connectivity index (χ1n) is 6.73. The first-order chi connectivity index (χ1) is 8.86. The highest BCUT2D eigenvalue weighted by atomic mass is 16.5. The summed E-state index contributed by atoms with van der Waals surface area (Å²) in [6.45, 7) is 8.10. The molecule has 0 aliphatic carbocycles. The summed E-state index contributed by atoms with van der Waals surface area (Å²) in [5.41, 5.74) is 1.20. The predicted octanol–water partition coefficient (Wildman–Crippen LogP) is 2.39. The molecule has 4 heteroatoms. The number of ether oxygens (including phenoxy) is 2. The molecule has 1 aromatic rings. The third-order valence-corrected chi connectivity index (χ3v) is 2.38. The molecule has 0 radical (unpaired) electrons. The molecule has 0 fully saturated rings. The van der Waals surface area contributed by atoms with Gasteiger partial charge in [0, 0.05) is 25.4 Å². The lowest BCUT2D eigenvalue weighted by Gasteiger charge is -2.08. The first kappa shape index (κ1) is 14.9. The SMILES string of the molecule is CCCNCc1ccnc(OCCOCCC)c1. The number of aromatic nitrogens is 1. The normalized spacial score (nSPS) is 10.6. The van der Waals surface area contributed by atoms with E-state index in [1.807, 2.05) is 12.1 Å². The fourth-order valence-corrected chi connectivity index (χ4v) is 1.50. The van der Waals surface area contributed by atoms with Crippen LogP contribution in [0.4, 0.5) is 0 Å². The summed E-state index contributed by atoms with van der Waals surface area (Å²) < 4.78 is 10.9. The second-order valence-corrected chi connectivity index (χ2v) is 4.14. The van der Waals surface area contributed by atoms with Gasteiger partial charge in [-0.1, -0.05) is 13.8 Å². The molecule has 0 amide bonds. The number of hydrogen-bond acceptors (Lipinski definition) is 4. The van der Waals surface area contributed by atoms with E-state index in [1.165, 1.54) is 5.56 Å². The van der Waals surface area contributed by atoms with E-state index in [0.717, 1.165) is 32.5 Å². The van der Waals surface area contributed by atoms with Gasteiger partial charge in [0.05, 0.1) is 6.61 Å². The third kappa shape index (κ3) is 6.57. The molecule has 0 aliphatic rings. The van der Waals surface area contributed by atoms with Gasteiger partial charge in [0.1, 0.15) is 6.61 Å². The molecule has 0 spiro atoms. The molecule has 0 unspecified atom stereocenters. The maximum absolute atomic E-state index is 5.54. The zero-order valence-electron chi connectivity index (χ0n) is 11.4. The molecule has 1 heterocycles. The van der Waals surface area contributed by atoms with Gasteiger partial charge in [-0.2, -0.15) is 0 Å². The van der Waals surface area contributed by atoms with Crippen molar-refractivity contribution in [2.75, 3.05) is 26.4 Å². The largest absolute Gasteiger partial charge is 0.475 e. The van der Waals surface area contributed by atoms with Gasteiger partial charge in [0.25, 0.3) is 0 Å². The standard InChI is InChI=1S/C14H24N2O2/c1-3-6-15-12-13-5-7-16-14(11-13)18-10-9-17-8-4-2/h5,7,11,15H,3-4,6,8-10,12H2,1-2H3. The summed E-state index contributed by atoms with van der Waals surface area (Å²) >= 11 is 0. The number of pyridine rings is 1. The van der Waals surface area contributed by atoms with E-state index in [9.17, 15) is 0 Å². The van der Waals surface area contributed by atoms with E-state index in [0.29, 0.717) is 19.1 Å². The molecular formula is C14H24N2O2. The Morgan fingerprint density at radius 1 is 1.17 bits per heavy atom. The number of rotatable bonds is 10. The van der Waals surface area contributed by atoms with E-state index in [4.69, 9.17) is 9.47 Å². The van der Waals surface area contributed by atoms with Crippen LogP contribution < -0.4 is 10.1 Å². The van der Waals surface area contributed by atoms with Gasteiger partial charge in [0.2, 0.25) is 5.88 Å². The van der Waals surface area contributed by atoms with Crippen molar-refractivity contribution in [3.05, 3.63) is 23.9 Å². The molecule has 0 aromatic carbocycles. The van der Waals surface area contributed by atoms with E-state index in [-0.39, 0.29) is 0 Å². The van der Waals surface area contributed by atoms with Crippen LogP contribution in [0.3, 0.4) is 0 Å². The van der Waals surface area contributed by atoms with Crippen LogP contribution in [-0.4, -0.2) is 31.3 Å². The summed E-state index contributed by atoms with van der Waals surface area (Å²) in [7, 11) is 0. The van der Waals surface area contributed by atoms with E-state index >= 15 is 0 Å². The Morgan fingerprint density at radius 3 is 2.83 bits per heavy atom. The molecule has 0 saturated heterocycles. The minimum Gasteiger partial charge on any atom is -0.475 e. The van der Waals surface area contributed by atoms with Crippen LogP contribution in [0, 0.1) is 0 Å². The highest BCUT2D eigenvalue weighted by molar-refractivity contribution is 5.20. The lowest BCUT2D eigenvalue weighted by molar-refractivity contribution is 0.0990. The van der Waals surface area contributed by atoms with E-state index < -0.39 is 0 Å². The Balaban J connectivity index is 2.26. The lowest BCUT2D eigenvalue weighted by atomic mass is 10.2. The highest BCUT2D eigenvalue weighted by Gasteiger charge is 1.98. The molecule has 4 nitrogen and oxygen atoms in total. The van der Waals surface area contributed by atoms with Crippen LogP contribution in [0.25, 0.3) is 0 Å². The van der Waals surface area contributed by atoms with Crippen molar-refractivity contribution in [3.8, 4) is 5.88 Å². The van der Waals surface area contributed by atoms with Gasteiger partial charge < -0.3 is 14.8 Å². The van der Waals surface area contributed by atoms with Crippen LogP contribution in [0.1, 0.15) is 32.3 Å². The number of nitrogens with zero attached hydrogens (tertiary/aromatic N) is 1. The quantitative estimate of drug-likeness (QED) is 0.649. The number of nitrogens with one attached hydrogen (secondary N) is 1. The Kier molecular flexibility index (Phi) is 8.17. The Hall–Kier alpha value is -1.13. The minimum absolute atomic E-state index is 0.554. The van der Waals surface area contributed by atoms with Crippen LogP contribution in [0.2, 0.25) is 0 Å². The molecule has 102 valence electrons. The van der Waals surface area contributed by atoms with Crippen molar-refractivity contribution in [2.24, 2.45) is 0 Å². The van der Waals surface area contributed by atoms with Gasteiger partial charge in [0.15, 0.2) is 0 Å². The van der Waals surface area contributed by atoms with Crippen molar-refractivity contribution in [1.29, 1.82) is 0 Å². The molecule has 0 aliphatic heterocycles. The monoisotopic (exact) mass is 252 g/mol. The average Bonchev–Trinajstić information content (AvgIpc) is 2.39. The van der Waals surface area contributed by atoms with Gasteiger partial charge in [-0.05, 0) is 31.0 Å². The highest BCUT2D eigenvalue weighted by Crippen LogP contribution is 2.09. The summed E-state index contributed by atoms with van der Waals surface area (Å²) in [6, 6.07) is 3.98. The zero-order chi connectivity index (χ0) is 13.1. The Labute approximate surface area is 110 Å². The van der Waals surface area contributed by atoms with Crippen molar-refractivity contribution in [3.63, 3.8) is 0 Å². The fourth-order valence-electron chi connectivity index (χ4n) is 1.50. The average molecular weight is 252 g/mol. The van der Waals surface area contributed by atoms with Crippen molar-refractivity contribution in [1.82, 2.24) is 10.3 Å². The first-order valence-corrected chi connectivity index (χ1v) is 6.73. The Bertz CT molecular complexity index is 318. The summed E-state index contributed by atoms with van der Waals surface area (Å²) in [5.74, 6) is 0.672.